The quantitative estimate of drug-likeness (QED) is 0.891. The number of aromatic nitrogens is 2. The van der Waals surface area contributed by atoms with Crippen LogP contribution in [0.25, 0.3) is 4.96 Å². The molecule has 0 aliphatic heterocycles. The van der Waals surface area contributed by atoms with Crippen LogP contribution in [0.5, 0.6) is 0 Å². The number of rotatable bonds is 5. The summed E-state index contributed by atoms with van der Waals surface area (Å²) in [5, 5.41) is 19.7. The number of carbonyl (C=O) groups is 1. The van der Waals surface area contributed by atoms with Crippen LogP contribution in [0.3, 0.4) is 0 Å². The second kappa shape index (κ2) is 5.06. The van der Waals surface area contributed by atoms with Crippen LogP contribution in [0.15, 0.2) is 11.6 Å². The van der Waals surface area contributed by atoms with E-state index in [0.29, 0.717) is 30.3 Å². The second-order valence-corrected chi connectivity index (χ2v) is 4.51. The van der Waals surface area contributed by atoms with E-state index >= 15 is 0 Å². The molecule has 7 heteroatoms. The lowest BCUT2D eigenvalue weighted by Crippen LogP contribution is -2.26. The van der Waals surface area contributed by atoms with Crippen LogP contribution < -0.4 is 4.90 Å². The third-order valence-corrected chi connectivity index (χ3v) is 3.38. The molecule has 2 rings (SSSR count). The monoisotopic (exact) mass is 264 g/mol. The molecule has 94 valence electrons. The van der Waals surface area contributed by atoms with Crippen LogP contribution >= 0.6 is 11.3 Å². The average molecular weight is 264 g/mol. The van der Waals surface area contributed by atoms with Gasteiger partial charge in [0.25, 0.3) is 0 Å². The van der Waals surface area contributed by atoms with Gasteiger partial charge in [-0.1, -0.05) is 0 Å². The topological polar surface area (TPSA) is 81.6 Å². The van der Waals surface area contributed by atoms with Gasteiger partial charge < -0.3 is 10.0 Å². The van der Waals surface area contributed by atoms with Gasteiger partial charge in [0.2, 0.25) is 0 Å². The third-order valence-electron chi connectivity index (χ3n) is 2.62. The molecular weight excluding hydrogens is 252 g/mol. The van der Waals surface area contributed by atoms with Crippen LogP contribution in [-0.4, -0.2) is 33.6 Å². The van der Waals surface area contributed by atoms with Gasteiger partial charge >= 0.3 is 5.97 Å². The molecule has 0 unspecified atom stereocenters. The molecule has 0 spiro atoms. The lowest BCUT2D eigenvalue weighted by Gasteiger charge is -2.19. The Morgan fingerprint density at radius 3 is 3.11 bits per heavy atom. The SMILES string of the molecule is CCN(CCC#N)c1nc2sccn2c1C(=O)O. The van der Waals surface area contributed by atoms with E-state index in [-0.39, 0.29) is 5.69 Å². The second-order valence-electron chi connectivity index (χ2n) is 3.63. The molecule has 0 saturated carbocycles. The van der Waals surface area contributed by atoms with Crippen molar-refractivity contribution in [2.45, 2.75) is 13.3 Å². The maximum atomic E-state index is 11.3. The van der Waals surface area contributed by atoms with Crippen LogP contribution in [0.4, 0.5) is 5.82 Å². The number of carboxylic acids is 1. The Morgan fingerprint density at radius 1 is 1.72 bits per heavy atom. The summed E-state index contributed by atoms with van der Waals surface area (Å²) in [7, 11) is 0. The van der Waals surface area contributed by atoms with Gasteiger partial charge in [-0.3, -0.25) is 4.40 Å². The lowest BCUT2D eigenvalue weighted by molar-refractivity contribution is 0.0690. The Hall–Kier alpha value is -2.07. The smallest absolute Gasteiger partial charge is 0.356 e. The Balaban J connectivity index is 2.48. The lowest BCUT2D eigenvalue weighted by atomic mass is 10.3. The van der Waals surface area contributed by atoms with E-state index in [0.717, 1.165) is 0 Å². The van der Waals surface area contributed by atoms with Crippen molar-refractivity contribution in [2.75, 3.05) is 18.0 Å². The van der Waals surface area contributed by atoms with E-state index in [1.165, 1.54) is 11.3 Å². The number of thiazole rings is 1. The highest BCUT2D eigenvalue weighted by Gasteiger charge is 2.22. The normalized spacial score (nSPS) is 10.4. The summed E-state index contributed by atoms with van der Waals surface area (Å²) in [6.07, 6.45) is 2.04. The molecule has 0 aliphatic carbocycles. The first-order valence-corrected chi connectivity index (χ1v) is 6.37. The number of nitrogens with zero attached hydrogens (tertiary/aromatic N) is 4. The fraction of sp³-hybridized carbons (Fsp3) is 0.364. The van der Waals surface area contributed by atoms with Crippen molar-refractivity contribution in [3.63, 3.8) is 0 Å². The standard InChI is InChI=1S/C11H12N4O2S/c1-2-14(5-3-4-12)9-8(10(16)17)15-6-7-18-11(15)13-9/h6-7H,2-3,5H2,1H3,(H,16,17). The summed E-state index contributed by atoms with van der Waals surface area (Å²) in [5.41, 5.74) is 0.158. The van der Waals surface area contributed by atoms with Crippen LogP contribution in [0, 0.1) is 11.3 Å². The van der Waals surface area contributed by atoms with Gasteiger partial charge in [-0.15, -0.1) is 11.3 Å². The summed E-state index contributed by atoms with van der Waals surface area (Å²) in [6.45, 7) is 3.02. The van der Waals surface area contributed by atoms with Crippen molar-refractivity contribution in [2.24, 2.45) is 0 Å². The van der Waals surface area contributed by atoms with Gasteiger partial charge in [0.05, 0.1) is 12.5 Å². The molecule has 0 fully saturated rings. The Morgan fingerprint density at radius 2 is 2.50 bits per heavy atom. The number of hydrogen-bond donors (Lipinski definition) is 1. The first-order chi connectivity index (χ1) is 8.69. The predicted octanol–water partition coefficient (Wildman–Crippen LogP) is 1.83. The zero-order chi connectivity index (χ0) is 13.1. The molecule has 0 aliphatic rings. The van der Waals surface area contributed by atoms with Gasteiger partial charge in [0.1, 0.15) is 0 Å². The molecule has 6 nitrogen and oxygen atoms in total. The Bertz CT molecular complexity index is 610. The average Bonchev–Trinajstić information content (AvgIpc) is 2.89. The molecule has 2 aromatic heterocycles. The van der Waals surface area contributed by atoms with Crippen molar-refractivity contribution >= 4 is 28.1 Å². The summed E-state index contributed by atoms with van der Waals surface area (Å²) >= 11 is 1.39. The number of nitriles is 1. The zero-order valence-corrected chi connectivity index (χ0v) is 10.6. The molecule has 18 heavy (non-hydrogen) atoms. The fourth-order valence-electron chi connectivity index (χ4n) is 1.79. The summed E-state index contributed by atoms with van der Waals surface area (Å²) < 4.78 is 1.57. The van der Waals surface area contributed by atoms with Crippen LogP contribution in [0.1, 0.15) is 23.8 Å². The molecule has 1 N–H and O–H groups in total. The van der Waals surface area contributed by atoms with Crippen molar-refractivity contribution in [1.29, 1.82) is 5.26 Å². The molecule has 2 aromatic rings. The summed E-state index contributed by atoms with van der Waals surface area (Å²) in [4.78, 5) is 18.1. The third kappa shape index (κ3) is 2.02. The maximum Gasteiger partial charge on any atom is 0.356 e. The summed E-state index contributed by atoms with van der Waals surface area (Å²) in [6, 6.07) is 2.06. The molecule has 0 saturated heterocycles. The summed E-state index contributed by atoms with van der Waals surface area (Å²) in [5.74, 6) is -0.571. The molecule has 2 heterocycles. The van der Waals surface area contributed by atoms with E-state index in [1.54, 1.807) is 16.0 Å². The number of carboxylic acid groups (broad SMARTS) is 1. The minimum atomic E-state index is -1.01. The number of imidazole rings is 1. The van der Waals surface area contributed by atoms with Crippen LogP contribution in [-0.2, 0) is 0 Å². The maximum absolute atomic E-state index is 11.3. The highest BCUT2D eigenvalue weighted by molar-refractivity contribution is 7.15. The van der Waals surface area contributed by atoms with Gasteiger partial charge in [0, 0.05) is 24.7 Å². The van der Waals surface area contributed by atoms with Crippen molar-refractivity contribution < 1.29 is 9.90 Å². The van der Waals surface area contributed by atoms with Gasteiger partial charge in [-0.25, -0.2) is 9.78 Å². The Labute approximate surface area is 108 Å². The van der Waals surface area contributed by atoms with Gasteiger partial charge in [0.15, 0.2) is 16.5 Å². The first-order valence-electron chi connectivity index (χ1n) is 5.49. The molecule has 0 atom stereocenters. The van der Waals surface area contributed by atoms with E-state index in [4.69, 9.17) is 5.26 Å². The molecule has 0 radical (unpaired) electrons. The van der Waals surface area contributed by atoms with E-state index in [9.17, 15) is 9.90 Å². The fourth-order valence-corrected chi connectivity index (χ4v) is 2.50. The molecule has 0 amide bonds. The van der Waals surface area contributed by atoms with E-state index < -0.39 is 5.97 Å². The van der Waals surface area contributed by atoms with Crippen molar-refractivity contribution in [3.05, 3.63) is 17.3 Å². The molecule has 0 bridgehead atoms. The van der Waals surface area contributed by atoms with Gasteiger partial charge in [-0.2, -0.15) is 5.26 Å². The highest BCUT2D eigenvalue weighted by Crippen LogP contribution is 2.24. The highest BCUT2D eigenvalue weighted by atomic mass is 32.1. The predicted molar refractivity (Wildman–Crippen MR) is 68.1 cm³/mol. The number of anilines is 1. The van der Waals surface area contributed by atoms with Gasteiger partial charge in [-0.05, 0) is 6.92 Å². The first kappa shape index (κ1) is 12.4. The zero-order valence-electron chi connectivity index (χ0n) is 9.83. The van der Waals surface area contributed by atoms with E-state index in [2.05, 4.69) is 11.1 Å². The molecule has 0 aromatic carbocycles. The number of hydrogen-bond acceptors (Lipinski definition) is 5. The van der Waals surface area contributed by atoms with Crippen molar-refractivity contribution in [1.82, 2.24) is 9.38 Å². The van der Waals surface area contributed by atoms with Crippen LogP contribution in [0.2, 0.25) is 0 Å². The Kier molecular flexibility index (Phi) is 3.48. The number of aromatic carboxylic acids is 1. The largest absolute Gasteiger partial charge is 0.476 e. The number of fused-ring (bicyclic) bond motifs is 1. The van der Waals surface area contributed by atoms with E-state index in [1.807, 2.05) is 11.8 Å². The van der Waals surface area contributed by atoms with Crippen molar-refractivity contribution in [3.8, 4) is 6.07 Å². The minimum absolute atomic E-state index is 0.158. The molecular formula is C11H12N4O2S. The minimum Gasteiger partial charge on any atom is -0.476 e.